The van der Waals surface area contributed by atoms with E-state index in [1.807, 2.05) is 26.0 Å². The van der Waals surface area contributed by atoms with Gasteiger partial charge in [-0.05, 0) is 148 Å². The molecule has 0 radical (unpaired) electrons. The molecule has 2 heterocycles. The molecule has 0 unspecified atom stereocenters. The van der Waals surface area contributed by atoms with Gasteiger partial charge in [0.15, 0.2) is 0 Å². The van der Waals surface area contributed by atoms with Crippen LogP contribution >= 0.6 is 17.0 Å². The molecule has 0 saturated heterocycles. The third-order valence-corrected chi connectivity index (χ3v) is 31.3. The summed E-state index contributed by atoms with van der Waals surface area (Å²) in [6.07, 6.45) is 2.05. The molecule has 0 spiro atoms. The Labute approximate surface area is 361 Å². The van der Waals surface area contributed by atoms with Crippen molar-refractivity contribution in [1.82, 2.24) is 0 Å². The van der Waals surface area contributed by atoms with Crippen molar-refractivity contribution >= 4 is 44.0 Å². The fourth-order valence-corrected chi connectivity index (χ4v) is 7.75. The predicted molar refractivity (Wildman–Crippen MR) is 251 cm³/mol. The Balaban J connectivity index is 0.000000172. The maximum atomic E-state index is 5.86. The minimum absolute atomic E-state index is 0.224. The van der Waals surface area contributed by atoms with Crippen molar-refractivity contribution in [2.75, 3.05) is 0 Å². The minimum atomic E-state index is -1.65. The van der Waals surface area contributed by atoms with Crippen LogP contribution in [0.25, 0.3) is 66.4 Å². The van der Waals surface area contributed by atoms with Crippen molar-refractivity contribution in [3.05, 3.63) is 153 Å². The van der Waals surface area contributed by atoms with Crippen LogP contribution in [0.4, 0.5) is 0 Å². The van der Waals surface area contributed by atoms with E-state index in [-0.39, 0.29) is 5.43 Å². The molecule has 0 amide bonds. The molecule has 6 aromatic carbocycles. The van der Waals surface area contributed by atoms with Crippen LogP contribution in [-0.4, -0.2) is 5.43 Å². The van der Waals surface area contributed by atoms with Gasteiger partial charge in [-0.1, -0.05) is 72.5 Å². The Morgan fingerprint density at radius 1 is 0.517 bits per heavy atom. The summed E-state index contributed by atoms with van der Waals surface area (Å²) in [5.41, 5.74) is 18.4. The summed E-state index contributed by atoms with van der Waals surface area (Å²) >= 11 is -1.65. The summed E-state index contributed by atoms with van der Waals surface area (Å²) in [5, 5.41) is 5.18. The maximum absolute atomic E-state index is 5.86. The zero-order chi connectivity index (χ0) is 42.0. The standard InChI is InChI=1S/2C25H25O.C2H6Si.2ClH.Zr/c2*1-6-19-8-9-20-13-21(24-10-7-17(4)26-24)14-23(20)25(19)22-11-15(2)18(5)16(3)12-22;1-3-2;;;/h2*7-14H,6H2,1-5H3;1-2H3;2*1H;/q2*-1;;;;+2/p-2. The Hall–Kier alpha value is -3.66. The second kappa shape index (κ2) is 18.7. The average molecular weight is 903 g/mol. The summed E-state index contributed by atoms with van der Waals surface area (Å²) in [5.74, 6) is 3.78. The predicted octanol–water partition coefficient (Wildman–Crippen LogP) is 16.7. The van der Waals surface area contributed by atoms with E-state index in [0.29, 0.717) is 0 Å². The van der Waals surface area contributed by atoms with Gasteiger partial charge >= 0.3 is 53.5 Å². The first kappa shape index (κ1) is 43.9. The number of aryl methyl sites for hydroxylation is 8. The number of furan rings is 2. The topological polar surface area (TPSA) is 26.3 Å². The van der Waals surface area contributed by atoms with Gasteiger partial charge in [-0.2, -0.15) is 0 Å². The monoisotopic (exact) mass is 900 g/mol. The van der Waals surface area contributed by atoms with Crippen LogP contribution in [0, 0.1) is 55.4 Å². The van der Waals surface area contributed by atoms with Crippen LogP contribution in [0.5, 0.6) is 0 Å². The fraction of sp³-hybridized carbons (Fsp3) is 0.269. The summed E-state index contributed by atoms with van der Waals surface area (Å²) < 4.78 is 11.7. The molecule has 58 heavy (non-hydrogen) atoms. The molecule has 0 aliphatic heterocycles. The number of fused-ring (bicyclic) bond motifs is 2. The molecule has 8 rings (SSSR count). The van der Waals surface area contributed by atoms with E-state index >= 15 is 0 Å². The first-order valence-electron chi connectivity index (χ1n) is 20.3. The van der Waals surface area contributed by atoms with Gasteiger partial charge < -0.3 is 8.83 Å². The van der Waals surface area contributed by atoms with Crippen molar-refractivity contribution in [3.63, 3.8) is 0 Å². The van der Waals surface area contributed by atoms with Crippen molar-refractivity contribution < 1.29 is 26.8 Å². The second-order valence-electron chi connectivity index (χ2n) is 16.0. The molecule has 0 saturated carbocycles. The van der Waals surface area contributed by atoms with Crippen molar-refractivity contribution in [2.45, 2.75) is 95.2 Å². The van der Waals surface area contributed by atoms with Crippen molar-refractivity contribution in [2.24, 2.45) is 0 Å². The number of rotatable bonds is 6. The zero-order valence-corrected chi connectivity index (χ0v) is 41.2. The molecule has 8 aromatic rings. The Morgan fingerprint density at radius 3 is 1.14 bits per heavy atom. The molecule has 0 aliphatic rings. The summed E-state index contributed by atoms with van der Waals surface area (Å²) in [6, 6.07) is 35.6. The quantitative estimate of drug-likeness (QED) is 0.123. The van der Waals surface area contributed by atoms with Crippen molar-refractivity contribution in [1.29, 1.82) is 0 Å². The van der Waals surface area contributed by atoms with Gasteiger partial charge in [0.1, 0.15) is 0 Å². The molecule has 0 atom stereocenters. The zero-order valence-electron chi connectivity index (χ0n) is 36.2. The Kier molecular flexibility index (Phi) is 14.2. The molecule has 0 bridgehead atoms. The van der Waals surface area contributed by atoms with Gasteiger partial charge in [0.25, 0.3) is 0 Å². The fourth-order valence-electron chi connectivity index (χ4n) is 7.75. The van der Waals surface area contributed by atoms with Crippen LogP contribution in [0.15, 0.2) is 106 Å². The number of benzene rings is 4. The van der Waals surface area contributed by atoms with Gasteiger partial charge in [0.2, 0.25) is 0 Å². The molecule has 6 heteroatoms. The van der Waals surface area contributed by atoms with Crippen LogP contribution in [0.3, 0.4) is 0 Å². The Bertz CT molecular complexity index is 2540. The first-order chi connectivity index (χ1) is 27.6. The summed E-state index contributed by atoms with van der Waals surface area (Å²) in [7, 11) is 11.2. The van der Waals surface area contributed by atoms with Crippen LogP contribution in [0.1, 0.15) is 69.9 Å². The molecule has 0 aliphatic carbocycles. The molecule has 0 N–H and O–H groups in total. The van der Waals surface area contributed by atoms with E-state index in [0.717, 1.165) is 47.0 Å². The van der Waals surface area contributed by atoms with Gasteiger partial charge in [-0.15, -0.1) is 57.9 Å². The Morgan fingerprint density at radius 2 is 0.862 bits per heavy atom. The van der Waals surface area contributed by atoms with Crippen LogP contribution < -0.4 is 0 Å². The second-order valence-corrected chi connectivity index (χ2v) is 38.9. The molecular weight excluding hydrogens is 847 g/mol. The third-order valence-electron chi connectivity index (χ3n) is 11.6. The van der Waals surface area contributed by atoms with Gasteiger partial charge in [0.05, 0.1) is 23.0 Å². The van der Waals surface area contributed by atoms with E-state index in [9.17, 15) is 0 Å². The number of halogens is 2. The third kappa shape index (κ3) is 9.53. The number of hydrogen-bond acceptors (Lipinski definition) is 2. The van der Waals surface area contributed by atoms with E-state index in [2.05, 4.69) is 153 Å². The SMILES string of the molecule is CCc1ccc2[cH-]c(-c3ccc(C)o3)cc2c1-c1cc(C)c(C)c(C)c1.CCc1ccc2[cH-]c(-c3ccc(C)o3)cc2c1-c1cc(C)c(C)c(C)c1.C[Si](C)=[Zr]([Cl])[Cl]. The molecule has 300 valence electrons. The normalized spacial score (nSPS) is 11.1. The van der Waals surface area contributed by atoms with Gasteiger partial charge in [0, 0.05) is 0 Å². The van der Waals surface area contributed by atoms with Crippen molar-refractivity contribution in [3.8, 4) is 44.9 Å². The molecular formula is C52H56Cl2O2SiZr-2. The molecule has 2 aromatic heterocycles. The molecule has 2 nitrogen and oxygen atoms in total. The van der Waals surface area contributed by atoms with E-state index in [1.165, 1.54) is 88.3 Å². The van der Waals surface area contributed by atoms with Crippen LogP contribution in [-0.2, 0) is 30.8 Å². The van der Waals surface area contributed by atoms with E-state index in [1.54, 1.807) is 0 Å². The van der Waals surface area contributed by atoms with E-state index in [4.69, 9.17) is 25.9 Å². The molecule has 0 fully saturated rings. The van der Waals surface area contributed by atoms with E-state index < -0.39 is 18.0 Å². The number of hydrogen-bond donors (Lipinski definition) is 0. The summed E-state index contributed by atoms with van der Waals surface area (Å²) in [4.78, 5) is 0. The van der Waals surface area contributed by atoms with Crippen LogP contribution in [0.2, 0.25) is 13.1 Å². The summed E-state index contributed by atoms with van der Waals surface area (Å²) in [6.45, 7) is 26.0. The van der Waals surface area contributed by atoms with Gasteiger partial charge in [-0.3, -0.25) is 0 Å². The van der Waals surface area contributed by atoms with Gasteiger partial charge in [-0.25, -0.2) is 0 Å². The first-order valence-corrected chi connectivity index (χ1v) is 32.8. The average Bonchev–Trinajstić information content (AvgIpc) is 4.01.